The van der Waals surface area contributed by atoms with Gasteiger partial charge in [0.05, 0.1) is 31.1 Å². The number of aryl methyl sites for hydroxylation is 2. The molecule has 2 rings (SSSR count). The van der Waals surface area contributed by atoms with Gasteiger partial charge in [-0.2, -0.15) is 0 Å². The van der Waals surface area contributed by atoms with Crippen molar-refractivity contribution in [3.8, 4) is 0 Å². The van der Waals surface area contributed by atoms with Crippen LogP contribution in [0.2, 0.25) is 0 Å². The first-order chi connectivity index (χ1) is 14.0. The predicted molar refractivity (Wildman–Crippen MR) is 119 cm³/mol. The Hall–Kier alpha value is -2.22. The van der Waals surface area contributed by atoms with Crippen LogP contribution in [0.15, 0.2) is 53.4 Å². The third-order valence-corrected chi connectivity index (χ3v) is 4.99. The molecular formula is C23H35NO5S. The fourth-order valence-electron chi connectivity index (χ4n) is 2.31. The minimum Gasteiger partial charge on any atom is -0.744 e. The van der Waals surface area contributed by atoms with Crippen molar-refractivity contribution in [1.29, 1.82) is 0 Å². The summed E-state index contributed by atoms with van der Waals surface area (Å²) < 4.78 is 31.2. The van der Waals surface area contributed by atoms with Gasteiger partial charge in [-0.1, -0.05) is 55.2 Å². The molecule has 0 atom stereocenters. The molecule has 0 aliphatic carbocycles. The molecule has 0 saturated heterocycles. The molecule has 168 valence electrons. The maximum Gasteiger partial charge on any atom is 0.335 e. The van der Waals surface area contributed by atoms with Crippen molar-refractivity contribution < 1.29 is 27.8 Å². The Bertz CT molecular complexity index is 829. The van der Waals surface area contributed by atoms with Gasteiger partial charge in [0.1, 0.15) is 10.1 Å². The zero-order chi connectivity index (χ0) is 23.2. The van der Waals surface area contributed by atoms with Gasteiger partial charge >= 0.3 is 5.97 Å². The normalized spacial score (nSPS) is 10.5. The molecule has 0 radical (unpaired) electrons. The van der Waals surface area contributed by atoms with Crippen LogP contribution in [0.4, 0.5) is 0 Å². The molecule has 0 spiro atoms. The number of hydrogen-bond acceptors (Lipinski definition) is 4. The third-order valence-electron chi connectivity index (χ3n) is 4.14. The van der Waals surface area contributed by atoms with Gasteiger partial charge in [0.15, 0.2) is 0 Å². The van der Waals surface area contributed by atoms with Crippen molar-refractivity contribution in [2.45, 2.75) is 51.3 Å². The van der Waals surface area contributed by atoms with E-state index in [4.69, 9.17) is 5.11 Å². The number of carbonyl (C=O) groups is 1. The Morgan fingerprint density at radius 3 is 1.73 bits per heavy atom. The van der Waals surface area contributed by atoms with Crippen LogP contribution < -0.4 is 4.90 Å². The summed E-state index contributed by atoms with van der Waals surface area (Å²) in [6.45, 7) is 7.33. The number of hydrogen-bond donors (Lipinski definition) is 2. The van der Waals surface area contributed by atoms with Crippen LogP contribution in [0.3, 0.4) is 0 Å². The summed E-state index contributed by atoms with van der Waals surface area (Å²) in [5.41, 5.74) is 2.34. The molecule has 30 heavy (non-hydrogen) atoms. The van der Waals surface area contributed by atoms with E-state index < -0.39 is 16.1 Å². The number of nitrogens with one attached hydrogen (secondary N) is 1. The van der Waals surface area contributed by atoms with E-state index >= 15 is 0 Å². The second kappa shape index (κ2) is 14.7. The molecule has 0 amide bonds. The van der Waals surface area contributed by atoms with Crippen molar-refractivity contribution in [3.05, 3.63) is 65.2 Å². The van der Waals surface area contributed by atoms with E-state index in [1.54, 1.807) is 41.3 Å². The Morgan fingerprint density at radius 1 is 0.900 bits per heavy atom. The minimum absolute atomic E-state index is 0.178. The molecule has 0 fully saturated rings. The molecule has 0 unspecified atom stereocenters. The topological polar surface area (TPSA) is 98.9 Å². The lowest BCUT2D eigenvalue weighted by molar-refractivity contribution is -0.858. The SMILES string of the molecule is CCCCCC[NH+](C)C.Cc1ccc(C(=O)O)cc1.Cc1ccc(S(=O)(=O)[O-])cc1. The minimum atomic E-state index is -4.27. The van der Waals surface area contributed by atoms with Crippen LogP contribution in [0.5, 0.6) is 0 Å². The molecule has 2 N–H and O–H groups in total. The van der Waals surface area contributed by atoms with Crippen molar-refractivity contribution in [2.24, 2.45) is 0 Å². The van der Waals surface area contributed by atoms with Gasteiger partial charge in [-0.15, -0.1) is 0 Å². The van der Waals surface area contributed by atoms with E-state index in [0.717, 1.165) is 11.1 Å². The van der Waals surface area contributed by atoms with Crippen molar-refractivity contribution in [3.63, 3.8) is 0 Å². The summed E-state index contributed by atoms with van der Waals surface area (Å²) in [5.74, 6) is -0.875. The summed E-state index contributed by atoms with van der Waals surface area (Å²) in [5, 5.41) is 8.48. The van der Waals surface area contributed by atoms with Crippen molar-refractivity contribution >= 4 is 16.1 Å². The van der Waals surface area contributed by atoms with E-state index in [-0.39, 0.29) is 4.90 Å². The van der Waals surface area contributed by atoms with Crippen molar-refractivity contribution in [1.82, 2.24) is 0 Å². The Kier molecular flexibility index (Phi) is 13.6. The third kappa shape index (κ3) is 13.9. The summed E-state index contributed by atoms with van der Waals surface area (Å²) in [7, 11) is 0.159. The quantitative estimate of drug-likeness (QED) is 0.511. The zero-order valence-electron chi connectivity index (χ0n) is 18.6. The standard InChI is InChI=1S/C8H19N.C8H8O2.C7H8O3S/c1-4-5-6-7-8-9(2)3;1-6-2-4-7(5-3-6)8(9)10;1-6-2-4-7(5-3-6)11(8,9)10/h4-8H2,1-3H3;2-5H,1H3,(H,9,10);2-5H,1H3,(H,8,9,10). The number of aromatic carboxylic acids is 1. The predicted octanol–water partition coefficient (Wildman–Crippen LogP) is 3.30. The van der Waals surface area contributed by atoms with Crippen LogP contribution in [0.25, 0.3) is 0 Å². The Balaban J connectivity index is 0.000000423. The first-order valence-corrected chi connectivity index (χ1v) is 11.5. The highest BCUT2D eigenvalue weighted by molar-refractivity contribution is 7.85. The Labute approximate surface area is 181 Å². The van der Waals surface area contributed by atoms with E-state index in [9.17, 15) is 17.8 Å². The number of unbranched alkanes of at least 4 members (excludes halogenated alkanes) is 3. The summed E-state index contributed by atoms with van der Waals surface area (Å²) >= 11 is 0. The second-order valence-corrected chi connectivity index (χ2v) is 8.84. The van der Waals surface area contributed by atoms with Crippen LogP contribution in [-0.4, -0.2) is 44.7 Å². The maximum absolute atomic E-state index is 10.4. The number of benzene rings is 2. The van der Waals surface area contributed by atoms with Gasteiger partial charge in [0.25, 0.3) is 0 Å². The second-order valence-electron chi connectivity index (χ2n) is 7.46. The summed E-state index contributed by atoms with van der Waals surface area (Å²) in [6.07, 6.45) is 5.58. The highest BCUT2D eigenvalue weighted by Gasteiger charge is 1.99. The first kappa shape index (κ1) is 27.8. The fourth-order valence-corrected chi connectivity index (χ4v) is 2.78. The van der Waals surface area contributed by atoms with E-state index in [1.165, 1.54) is 44.4 Å². The largest absolute Gasteiger partial charge is 0.744 e. The molecule has 0 aliphatic rings. The van der Waals surface area contributed by atoms with Crippen LogP contribution >= 0.6 is 0 Å². The fraction of sp³-hybridized carbons (Fsp3) is 0.435. The van der Waals surface area contributed by atoms with Crippen molar-refractivity contribution in [2.75, 3.05) is 20.6 Å². The van der Waals surface area contributed by atoms with Gasteiger partial charge in [-0.05, 0) is 51.0 Å². The molecule has 0 aliphatic heterocycles. The van der Waals surface area contributed by atoms with Gasteiger partial charge < -0.3 is 14.6 Å². The summed E-state index contributed by atoms with van der Waals surface area (Å²) in [6, 6.07) is 12.5. The zero-order valence-corrected chi connectivity index (χ0v) is 19.5. The molecule has 7 heteroatoms. The molecule has 2 aromatic carbocycles. The number of carboxylic acids is 1. The van der Waals surface area contributed by atoms with Gasteiger partial charge in [-0.25, -0.2) is 13.2 Å². The highest BCUT2D eigenvalue weighted by atomic mass is 32.2. The molecular weight excluding hydrogens is 402 g/mol. The van der Waals surface area contributed by atoms with Gasteiger partial charge in [0.2, 0.25) is 0 Å². The molecule has 0 heterocycles. The molecule has 2 aromatic rings. The van der Waals surface area contributed by atoms with E-state index in [1.807, 2.05) is 13.8 Å². The number of quaternary nitrogens is 1. The lowest BCUT2D eigenvalue weighted by Crippen LogP contribution is -3.05. The average molecular weight is 438 g/mol. The number of carboxylic acid groups (broad SMARTS) is 1. The van der Waals surface area contributed by atoms with Crippen LogP contribution in [0, 0.1) is 13.8 Å². The monoisotopic (exact) mass is 437 g/mol. The van der Waals surface area contributed by atoms with Gasteiger partial charge in [0, 0.05) is 0 Å². The lowest BCUT2D eigenvalue weighted by atomic mass is 10.2. The lowest BCUT2D eigenvalue weighted by Gasteiger charge is -2.05. The number of rotatable bonds is 7. The Morgan fingerprint density at radius 2 is 1.37 bits per heavy atom. The summed E-state index contributed by atoms with van der Waals surface area (Å²) in [4.78, 5) is 11.7. The molecule has 0 bridgehead atoms. The van der Waals surface area contributed by atoms with Crippen LogP contribution in [0.1, 0.15) is 54.1 Å². The van der Waals surface area contributed by atoms with Crippen LogP contribution in [-0.2, 0) is 10.1 Å². The highest BCUT2D eigenvalue weighted by Crippen LogP contribution is 2.08. The molecule has 0 aromatic heterocycles. The maximum atomic E-state index is 10.4. The average Bonchev–Trinajstić information content (AvgIpc) is 2.66. The first-order valence-electron chi connectivity index (χ1n) is 10.1. The molecule has 0 saturated carbocycles. The molecule has 6 nitrogen and oxygen atoms in total. The van der Waals surface area contributed by atoms with E-state index in [0.29, 0.717) is 5.56 Å². The van der Waals surface area contributed by atoms with E-state index in [2.05, 4.69) is 21.0 Å². The smallest absolute Gasteiger partial charge is 0.335 e. The van der Waals surface area contributed by atoms with Gasteiger partial charge in [-0.3, -0.25) is 0 Å².